The van der Waals surface area contributed by atoms with Crippen molar-refractivity contribution in [3.8, 4) is 0 Å². The van der Waals surface area contributed by atoms with Gasteiger partial charge in [0.2, 0.25) is 0 Å². The molecule has 6 heteroatoms. The molecule has 3 rings (SSSR count). The summed E-state index contributed by atoms with van der Waals surface area (Å²) in [4.78, 5) is 1.81. The van der Waals surface area contributed by atoms with Gasteiger partial charge in [-0.05, 0) is 24.6 Å². The van der Waals surface area contributed by atoms with E-state index >= 15 is 0 Å². The van der Waals surface area contributed by atoms with E-state index in [4.69, 9.17) is 4.74 Å². The van der Waals surface area contributed by atoms with Crippen LogP contribution in [0.4, 0.5) is 10.1 Å². The molecule has 1 aromatic carbocycles. The van der Waals surface area contributed by atoms with Gasteiger partial charge in [-0.3, -0.25) is 5.01 Å². The van der Waals surface area contributed by atoms with Gasteiger partial charge in [0.1, 0.15) is 18.8 Å². The first-order chi connectivity index (χ1) is 8.74. The van der Waals surface area contributed by atoms with Crippen LogP contribution in [0, 0.1) is 5.82 Å². The standard InChI is InChI=1S/C12H13BrFN3O/c13-9-1-2-12(11(14)5-9)16-7-15-17(8-16)10-3-4-18-6-10/h1-2,5,7,10H,3-4,6,8H2/t10-/m0/s1. The number of hydrogen-bond acceptors (Lipinski definition) is 4. The summed E-state index contributed by atoms with van der Waals surface area (Å²) in [5, 5.41) is 6.27. The average molecular weight is 314 g/mol. The van der Waals surface area contributed by atoms with Crippen molar-refractivity contribution in [2.45, 2.75) is 12.5 Å². The highest BCUT2D eigenvalue weighted by Crippen LogP contribution is 2.25. The zero-order chi connectivity index (χ0) is 12.5. The van der Waals surface area contributed by atoms with Crippen molar-refractivity contribution in [3.63, 3.8) is 0 Å². The first-order valence-corrected chi connectivity index (χ1v) is 6.63. The van der Waals surface area contributed by atoms with Gasteiger partial charge < -0.3 is 9.64 Å². The second-order valence-electron chi connectivity index (χ2n) is 4.39. The lowest BCUT2D eigenvalue weighted by Gasteiger charge is -2.23. The lowest BCUT2D eigenvalue weighted by molar-refractivity contribution is 0.154. The molecule has 0 aliphatic carbocycles. The Morgan fingerprint density at radius 3 is 3.06 bits per heavy atom. The van der Waals surface area contributed by atoms with Crippen molar-refractivity contribution in [3.05, 3.63) is 28.5 Å². The van der Waals surface area contributed by atoms with E-state index in [-0.39, 0.29) is 5.82 Å². The van der Waals surface area contributed by atoms with Gasteiger partial charge in [-0.15, -0.1) is 0 Å². The molecular formula is C12H13BrFN3O. The Hall–Kier alpha value is -1.14. The number of halogens is 2. The van der Waals surface area contributed by atoms with Gasteiger partial charge in [0, 0.05) is 11.1 Å². The quantitative estimate of drug-likeness (QED) is 0.839. The van der Waals surface area contributed by atoms with E-state index in [0.29, 0.717) is 25.0 Å². The van der Waals surface area contributed by atoms with E-state index in [1.807, 2.05) is 11.1 Å². The Labute approximate surface area is 113 Å². The van der Waals surface area contributed by atoms with Gasteiger partial charge in [-0.25, -0.2) is 4.39 Å². The van der Waals surface area contributed by atoms with Crippen molar-refractivity contribution >= 4 is 28.0 Å². The van der Waals surface area contributed by atoms with Gasteiger partial charge in [-0.2, -0.15) is 5.10 Å². The van der Waals surface area contributed by atoms with E-state index in [1.165, 1.54) is 6.07 Å². The van der Waals surface area contributed by atoms with Crippen LogP contribution in [0.15, 0.2) is 27.8 Å². The van der Waals surface area contributed by atoms with Crippen molar-refractivity contribution in [2.75, 3.05) is 24.8 Å². The fraction of sp³-hybridized carbons (Fsp3) is 0.417. The molecule has 0 saturated carbocycles. The average Bonchev–Trinajstić information content (AvgIpc) is 2.99. The lowest BCUT2D eigenvalue weighted by Crippen LogP contribution is -2.34. The van der Waals surface area contributed by atoms with Gasteiger partial charge in [-0.1, -0.05) is 15.9 Å². The van der Waals surface area contributed by atoms with Crippen LogP contribution < -0.4 is 4.90 Å². The van der Waals surface area contributed by atoms with Crippen LogP contribution in [0.3, 0.4) is 0 Å². The molecule has 1 aromatic rings. The summed E-state index contributed by atoms with van der Waals surface area (Å²) in [5.74, 6) is -0.250. The Bertz CT molecular complexity index is 476. The molecule has 0 bridgehead atoms. The Kier molecular flexibility index (Phi) is 3.22. The number of hydrogen-bond donors (Lipinski definition) is 0. The highest BCUT2D eigenvalue weighted by Gasteiger charge is 2.27. The second kappa shape index (κ2) is 4.85. The molecule has 0 N–H and O–H groups in total. The number of nitrogens with zero attached hydrogens (tertiary/aromatic N) is 3. The molecule has 2 heterocycles. The minimum atomic E-state index is -0.250. The first-order valence-electron chi connectivity index (χ1n) is 5.84. The zero-order valence-corrected chi connectivity index (χ0v) is 11.3. The molecule has 1 atom stereocenters. The van der Waals surface area contributed by atoms with Crippen LogP contribution >= 0.6 is 15.9 Å². The Balaban J connectivity index is 1.73. The fourth-order valence-electron chi connectivity index (χ4n) is 2.18. The largest absolute Gasteiger partial charge is 0.379 e. The molecule has 1 saturated heterocycles. The van der Waals surface area contributed by atoms with Gasteiger partial charge in [0.05, 0.1) is 18.3 Å². The lowest BCUT2D eigenvalue weighted by atomic mass is 10.2. The molecule has 0 amide bonds. The number of ether oxygens (including phenoxy) is 1. The molecule has 0 radical (unpaired) electrons. The van der Waals surface area contributed by atoms with Gasteiger partial charge in [0.25, 0.3) is 0 Å². The predicted octanol–water partition coefficient (Wildman–Crippen LogP) is 2.40. The summed E-state index contributed by atoms with van der Waals surface area (Å²) in [6.45, 7) is 2.06. The van der Waals surface area contributed by atoms with Crippen LogP contribution in [-0.4, -0.2) is 37.3 Å². The molecule has 0 aromatic heterocycles. The fourth-order valence-corrected chi connectivity index (χ4v) is 2.51. The maximum atomic E-state index is 13.8. The molecule has 1 fully saturated rings. The Morgan fingerprint density at radius 2 is 2.33 bits per heavy atom. The number of anilines is 1. The van der Waals surface area contributed by atoms with Gasteiger partial charge in [0.15, 0.2) is 0 Å². The molecule has 2 aliphatic rings. The van der Waals surface area contributed by atoms with Crippen molar-refractivity contribution < 1.29 is 9.13 Å². The highest BCUT2D eigenvalue weighted by atomic mass is 79.9. The topological polar surface area (TPSA) is 28.1 Å². The van der Waals surface area contributed by atoms with Crippen LogP contribution in [0.1, 0.15) is 6.42 Å². The maximum Gasteiger partial charge on any atom is 0.148 e. The maximum absolute atomic E-state index is 13.8. The molecule has 18 heavy (non-hydrogen) atoms. The van der Waals surface area contributed by atoms with Crippen LogP contribution in [0.25, 0.3) is 0 Å². The number of hydrazone groups is 1. The van der Waals surface area contributed by atoms with Crippen molar-refractivity contribution in [1.29, 1.82) is 0 Å². The normalized spacial score (nSPS) is 23.1. The zero-order valence-electron chi connectivity index (χ0n) is 9.72. The summed E-state index contributed by atoms with van der Waals surface area (Å²) in [6, 6.07) is 5.35. The van der Waals surface area contributed by atoms with E-state index in [9.17, 15) is 4.39 Å². The predicted molar refractivity (Wildman–Crippen MR) is 71.0 cm³/mol. The Morgan fingerprint density at radius 1 is 1.44 bits per heavy atom. The molecule has 2 aliphatic heterocycles. The second-order valence-corrected chi connectivity index (χ2v) is 5.31. The summed E-state index contributed by atoms with van der Waals surface area (Å²) >= 11 is 3.25. The van der Waals surface area contributed by atoms with E-state index in [1.54, 1.807) is 17.3 Å². The summed E-state index contributed by atoms with van der Waals surface area (Å²) in [6.07, 6.45) is 2.65. The third-order valence-electron chi connectivity index (χ3n) is 3.18. The minimum Gasteiger partial charge on any atom is -0.379 e. The summed E-state index contributed by atoms with van der Waals surface area (Å²) in [7, 11) is 0. The summed E-state index contributed by atoms with van der Waals surface area (Å²) in [5.41, 5.74) is 0.545. The minimum absolute atomic E-state index is 0.250. The molecule has 4 nitrogen and oxygen atoms in total. The van der Waals surface area contributed by atoms with Crippen molar-refractivity contribution in [1.82, 2.24) is 5.01 Å². The van der Waals surface area contributed by atoms with E-state index in [0.717, 1.165) is 17.5 Å². The van der Waals surface area contributed by atoms with Crippen molar-refractivity contribution in [2.24, 2.45) is 5.10 Å². The third-order valence-corrected chi connectivity index (χ3v) is 3.68. The SMILES string of the molecule is Fc1cc(Br)ccc1N1C=NN([C@H]2CCOC2)C1. The molecule has 0 spiro atoms. The van der Waals surface area contributed by atoms with Crippen LogP contribution in [0.2, 0.25) is 0 Å². The molecule has 96 valence electrons. The third kappa shape index (κ3) is 2.22. The van der Waals surface area contributed by atoms with Crippen LogP contribution in [0.5, 0.6) is 0 Å². The van der Waals surface area contributed by atoms with E-state index < -0.39 is 0 Å². The summed E-state index contributed by atoms with van der Waals surface area (Å²) < 4.78 is 19.9. The number of rotatable bonds is 2. The van der Waals surface area contributed by atoms with E-state index in [2.05, 4.69) is 21.0 Å². The monoisotopic (exact) mass is 313 g/mol. The van der Waals surface area contributed by atoms with Gasteiger partial charge >= 0.3 is 0 Å². The molecular weight excluding hydrogens is 301 g/mol. The van der Waals surface area contributed by atoms with Crippen LogP contribution in [-0.2, 0) is 4.74 Å². The molecule has 0 unspecified atom stereocenters. The number of benzene rings is 1. The highest BCUT2D eigenvalue weighted by molar-refractivity contribution is 9.10. The smallest absolute Gasteiger partial charge is 0.148 e. The first kappa shape index (κ1) is 11.9.